The van der Waals surface area contributed by atoms with Gasteiger partial charge in [0.1, 0.15) is 0 Å². The van der Waals surface area contributed by atoms with Crippen molar-refractivity contribution in [3.8, 4) is 6.07 Å². The Hall–Kier alpha value is -0.590. The van der Waals surface area contributed by atoms with E-state index < -0.39 is 0 Å². The van der Waals surface area contributed by atoms with Crippen LogP contribution in [-0.2, 0) is 0 Å². The molecule has 0 amide bonds. The Morgan fingerprint density at radius 3 is 2.19 bits per heavy atom. The predicted molar refractivity (Wildman–Crippen MR) is 69.0 cm³/mol. The van der Waals surface area contributed by atoms with Crippen molar-refractivity contribution in [3.05, 3.63) is 0 Å². The highest BCUT2D eigenvalue weighted by Crippen LogP contribution is 2.21. The van der Waals surface area contributed by atoms with Crippen LogP contribution >= 0.6 is 0 Å². The number of nitriles is 1. The third kappa shape index (κ3) is 6.09. The summed E-state index contributed by atoms with van der Waals surface area (Å²) < 4.78 is 0. The maximum atomic E-state index is 8.97. The molecule has 0 aliphatic rings. The fourth-order valence-corrected chi connectivity index (χ4v) is 1.51. The number of hydrogen-bond acceptors (Lipinski definition) is 3. The summed E-state index contributed by atoms with van der Waals surface area (Å²) in [5.74, 6) is 0. The van der Waals surface area contributed by atoms with Crippen LogP contribution in [0.3, 0.4) is 0 Å². The van der Waals surface area contributed by atoms with Crippen molar-refractivity contribution in [2.45, 2.75) is 41.0 Å². The molecule has 0 aromatic carbocycles. The molecule has 0 aliphatic heterocycles. The number of rotatable bonds is 7. The van der Waals surface area contributed by atoms with Crippen LogP contribution in [-0.4, -0.2) is 31.1 Å². The van der Waals surface area contributed by atoms with E-state index in [2.05, 4.69) is 31.7 Å². The summed E-state index contributed by atoms with van der Waals surface area (Å²) in [6.45, 7) is 14.2. The number of nitrogens with zero attached hydrogens (tertiary/aromatic N) is 2. The van der Waals surface area contributed by atoms with E-state index in [1.165, 1.54) is 0 Å². The monoisotopic (exact) mass is 225 g/mol. The molecule has 16 heavy (non-hydrogen) atoms. The van der Waals surface area contributed by atoms with E-state index in [9.17, 15) is 0 Å². The molecule has 0 saturated carbocycles. The molecule has 0 bridgehead atoms. The van der Waals surface area contributed by atoms with Crippen LogP contribution in [0, 0.1) is 22.2 Å². The molecule has 0 aromatic rings. The van der Waals surface area contributed by atoms with Crippen molar-refractivity contribution in [1.82, 2.24) is 4.90 Å². The zero-order valence-electron chi connectivity index (χ0n) is 11.5. The Bertz CT molecular complexity index is 238. The lowest BCUT2D eigenvalue weighted by atomic mass is 9.89. The van der Waals surface area contributed by atoms with Gasteiger partial charge in [-0.15, -0.1) is 0 Å². The van der Waals surface area contributed by atoms with E-state index in [0.717, 1.165) is 26.1 Å². The Kier molecular flexibility index (Phi) is 5.99. The van der Waals surface area contributed by atoms with Gasteiger partial charge >= 0.3 is 0 Å². The van der Waals surface area contributed by atoms with E-state index in [-0.39, 0.29) is 10.8 Å². The maximum absolute atomic E-state index is 8.97. The summed E-state index contributed by atoms with van der Waals surface area (Å²) in [6, 6.07) is 2.35. The first-order valence-electron chi connectivity index (χ1n) is 6.10. The molecule has 0 aromatic heterocycles. The SMILES string of the molecule is CCN(CCC(C)(C)C#N)CC(C)(C)CN. The standard InChI is InChI=1S/C13H27N3/c1-6-16(11-13(4,5)10-15)8-7-12(2,3)9-14/h6-8,10-11,15H2,1-5H3. The summed E-state index contributed by atoms with van der Waals surface area (Å²) in [5, 5.41) is 8.97. The second-order valence-electron chi connectivity index (χ2n) is 5.98. The van der Waals surface area contributed by atoms with Crippen LogP contribution in [0.1, 0.15) is 41.0 Å². The molecule has 0 saturated heterocycles. The topological polar surface area (TPSA) is 53.0 Å². The molecule has 0 aliphatic carbocycles. The van der Waals surface area contributed by atoms with Crippen molar-refractivity contribution < 1.29 is 0 Å². The van der Waals surface area contributed by atoms with Gasteiger partial charge in [0.05, 0.1) is 11.5 Å². The van der Waals surface area contributed by atoms with Crippen molar-refractivity contribution in [2.24, 2.45) is 16.6 Å². The molecule has 0 unspecified atom stereocenters. The van der Waals surface area contributed by atoms with E-state index in [4.69, 9.17) is 11.0 Å². The third-order valence-corrected chi connectivity index (χ3v) is 3.01. The summed E-state index contributed by atoms with van der Waals surface area (Å²) >= 11 is 0. The molecule has 0 fully saturated rings. The highest BCUT2D eigenvalue weighted by atomic mass is 15.1. The van der Waals surface area contributed by atoms with E-state index >= 15 is 0 Å². The Morgan fingerprint density at radius 2 is 1.81 bits per heavy atom. The molecule has 0 radical (unpaired) electrons. The molecule has 0 heterocycles. The van der Waals surface area contributed by atoms with Gasteiger partial charge in [0.25, 0.3) is 0 Å². The molecule has 3 nitrogen and oxygen atoms in total. The van der Waals surface area contributed by atoms with E-state index in [1.807, 2.05) is 13.8 Å². The third-order valence-electron chi connectivity index (χ3n) is 3.01. The minimum atomic E-state index is -0.222. The van der Waals surface area contributed by atoms with Gasteiger partial charge in [0.15, 0.2) is 0 Å². The molecular formula is C13H27N3. The average Bonchev–Trinajstić information content (AvgIpc) is 2.24. The maximum Gasteiger partial charge on any atom is 0.0684 e. The Morgan fingerprint density at radius 1 is 1.25 bits per heavy atom. The van der Waals surface area contributed by atoms with E-state index in [0.29, 0.717) is 6.54 Å². The second kappa shape index (κ2) is 6.22. The van der Waals surface area contributed by atoms with E-state index in [1.54, 1.807) is 0 Å². The molecule has 2 N–H and O–H groups in total. The second-order valence-corrected chi connectivity index (χ2v) is 5.98. The minimum absolute atomic E-state index is 0.160. The predicted octanol–water partition coefficient (Wildman–Crippen LogP) is 2.23. The van der Waals surface area contributed by atoms with Gasteiger partial charge in [0, 0.05) is 6.54 Å². The molecule has 0 spiro atoms. The first kappa shape index (κ1) is 15.4. The van der Waals surface area contributed by atoms with Gasteiger partial charge in [-0.1, -0.05) is 20.8 Å². The fourth-order valence-electron chi connectivity index (χ4n) is 1.51. The van der Waals surface area contributed by atoms with Gasteiger partial charge in [0.2, 0.25) is 0 Å². The van der Waals surface area contributed by atoms with Gasteiger partial charge < -0.3 is 10.6 Å². The zero-order valence-corrected chi connectivity index (χ0v) is 11.5. The van der Waals surface area contributed by atoms with Crippen LogP contribution in [0.5, 0.6) is 0 Å². The average molecular weight is 225 g/mol. The van der Waals surface area contributed by atoms with Gasteiger partial charge in [-0.2, -0.15) is 5.26 Å². The molecule has 0 atom stereocenters. The lowest BCUT2D eigenvalue weighted by molar-refractivity contribution is 0.175. The van der Waals surface area contributed by atoms with Crippen molar-refractivity contribution >= 4 is 0 Å². The molecular weight excluding hydrogens is 198 g/mol. The Balaban J connectivity index is 4.18. The van der Waals surface area contributed by atoms with Crippen LogP contribution < -0.4 is 5.73 Å². The number of nitrogens with two attached hydrogens (primary N) is 1. The van der Waals surface area contributed by atoms with Crippen LogP contribution in [0.4, 0.5) is 0 Å². The Labute approximate surface area is 101 Å². The minimum Gasteiger partial charge on any atom is -0.330 e. The van der Waals surface area contributed by atoms with Crippen molar-refractivity contribution in [2.75, 3.05) is 26.2 Å². The van der Waals surface area contributed by atoms with Crippen molar-refractivity contribution in [1.29, 1.82) is 5.26 Å². The highest BCUT2D eigenvalue weighted by Gasteiger charge is 2.22. The van der Waals surface area contributed by atoms with Gasteiger partial charge in [-0.05, 0) is 45.3 Å². The highest BCUT2D eigenvalue weighted by molar-refractivity contribution is 4.92. The first-order chi connectivity index (χ1) is 7.26. The smallest absolute Gasteiger partial charge is 0.0684 e. The summed E-state index contributed by atoms with van der Waals surface area (Å²) in [7, 11) is 0. The molecule has 0 rings (SSSR count). The molecule has 94 valence electrons. The molecule has 3 heteroatoms. The summed E-state index contributed by atoms with van der Waals surface area (Å²) in [4.78, 5) is 2.38. The summed E-state index contributed by atoms with van der Waals surface area (Å²) in [5.41, 5.74) is 5.68. The first-order valence-corrected chi connectivity index (χ1v) is 6.10. The van der Waals surface area contributed by atoms with Gasteiger partial charge in [-0.3, -0.25) is 0 Å². The largest absolute Gasteiger partial charge is 0.330 e. The summed E-state index contributed by atoms with van der Waals surface area (Å²) in [6.07, 6.45) is 0.915. The van der Waals surface area contributed by atoms with Gasteiger partial charge in [-0.25, -0.2) is 0 Å². The van der Waals surface area contributed by atoms with Crippen LogP contribution in [0.2, 0.25) is 0 Å². The lowest BCUT2D eigenvalue weighted by Gasteiger charge is -2.32. The van der Waals surface area contributed by atoms with Crippen LogP contribution in [0.25, 0.3) is 0 Å². The quantitative estimate of drug-likeness (QED) is 0.723. The normalized spacial score (nSPS) is 12.9. The lowest BCUT2D eigenvalue weighted by Crippen LogP contribution is -2.40. The number of hydrogen-bond donors (Lipinski definition) is 1. The zero-order chi connectivity index (χ0) is 12.8. The van der Waals surface area contributed by atoms with Crippen molar-refractivity contribution in [3.63, 3.8) is 0 Å². The van der Waals surface area contributed by atoms with Crippen LogP contribution in [0.15, 0.2) is 0 Å². The fraction of sp³-hybridized carbons (Fsp3) is 0.923.